The third-order valence-electron chi connectivity index (χ3n) is 6.64. The summed E-state index contributed by atoms with van der Waals surface area (Å²) in [5.74, 6) is -0.797. The highest BCUT2D eigenvalue weighted by atomic mass is 32.2. The number of hydrogen-bond acceptors (Lipinski definition) is 5. The molecule has 0 spiro atoms. The number of aliphatic carboxylic acids is 1. The second-order valence-electron chi connectivity index (χ2n) is 9.97. The van der Waals surface area contributed by atoms with E-state index in [1.807, 2.05) is 5.38 Å². The number of aryl methyl sites for hydroxylation is 1. The fourth-order valence-corrected chi connectivity index (χ4v) is 7.64. The molecule has 3 aromatic heterocycles. The van der Waals surface area contributed by atoms with E-state index >= 15 is 0 Å². The van der Waals surface area contributed by atoms with Gasteiger partial charge in [-0.05, 0) is 94.1 Å². The monoisotopic (exact) mass is 544 g/mol. The van der Waals surface area contributed by atoms with Crippen LogP contribution in [0.3, 0.4) is 0 Å². The second-order valence-corrected chi connectivity index (χ2v) is 13.1. The molecule has 37 heavy (non-hydrogen) atoms. The number of carboxylic acid groups (broad SMARTS) is 1. The minimum absolute atomic E-state index is 0.466. The number of nitriles is 1. The smallest absolute Gasteiger partial charge is 0.309 e. The van der Waals surface area contributed by atoms with Crippen LogP contribution in [0.15, 0.2) is 52.7 Å². The maximum absolute atomic E-state index is 11.8. The normalized spacial score (nSPS) is 13.2. The summed E-state index contributed by atoms with van der Waals surface area (Å²) in [6.45, 7) is 5.63. The summed E-state index contributed by atoms with van der Waals surface area (Å²) < 4.78 is 2.33. The van der Waals surface area contributed by atoms with Crippen LogP contribution < -0.4 is 10.6 Å². The largest absolute Gasteiger partial charge is 0.481 e. The molecule has 4 aromatic rings. The molecule has 1 aromatic carbocycles. The lowest BCUT2D eigenvalue weighted by Gasteiger charge is -2.17. The topological polar surface area (TPSA) is 66.0 Å². The second kappa shape index (κ2) is 10.4. The molecule has 0 aliphatic heterocycles. The van der Waals surface area contributed by atoms with Crippen molar-refractivity contribution in [3.63, 3.8) is 0 Å². The Morgan fingerprint density at radius 2 is 1.89 bits per heavy atom. The van der Waals surface area contributed by atoms with Gasteiger partial charge in [-0.15, -0.1) is 22.7 Å². The van der Waals surface area contributed by atoms with Gasteiger partial charge in [0.1, 0.15) is 10.9 Å². The highest BCUT2D eigenvalue weighted by Gasteiger charge is 2.29. The third-order valence-corrected chi connectivity index (χ3v) is 9.60. The summed E-state index contributed by atoms with van der Waals surface area (Å²) in [5.41, 5.74) is 3.51. The highest BCUT2D eigenvalue weighted by molar-refractivity contribution is 7.98. The zero-order valence-electron chi connectivity index (χ0n) is 21.1. The molecule has 3 heterocycles. The van der Waals surface area contributed by atoms with Gasteiger partial charge in [0.05, 0.1) is 21.3 Å². The Balaban J connectivity index is 1.77. The molecule has 0 radical (unpaired) electrons. The molecule has 1 aliphatic rings. The van der Waals surface area contributed by atoms with Gasteiger partial charge < -0.3 is 5.11 Å². The Bertz CT molecular complexity index is 1630. The molecule has 0 saturated heterocycles. The molecule has 0 unspecified atom stereocenters. The Hall–Kier alpha value is -3.05. The number of nitrogens with zero attached hydrogens (tertiary/aromatic N) is 2. The van der Waals surface area contributed by atoms with E-state index in [4.69, 9.17) is 0 Å². The van der Waals surface area contributed by atoms with Crippen molar-refractivity contribution in [1.29, 1.82) is 5.26 Å². The van der Waals surface area contributed by atoms with Crippen LogP contribution in [0.4, 0.5) is 0 Å². The van der Waals surface area contributed by atoms with E-state index in [1.165, 1.54) is 27.5 Å². The predicted molar refractivity (Wildman–Crippen MR) is 155 cm³/mol. The van der Waals surface area contributed by atoms with Crippen LogP contribution in [0.5, 0.6) is 0 Å². The third kappa shape index (κ3) is 5.06. The van der Waals surface area contributed by atoms with E-state index in [-0.39, 0.29) is 0 Å². The van der Waals surface area contributed by atoms with E-state index in [0.29, 0.717) is 11.3 Å². The number of hydrogen-bond donors (Lipinski definition) is 1. The summed E-state index contributed by atoms with van der Waals surface area (Å²) in [5, 5.41) is 23.9. The van der Waals surface area contributed by atoms with Crippen molar-refractivity contribution >= 4 is 52.7 Å². The van der Waals surface area contributed by atoms with Crippen LogP contribution in [0, 0.1) is 23.7 Å². The molecular formula is C30H28N2O2S3. The van der Waals surface area contributed by atoms with Gasteiger partial charge in [0.15, 0.2) is 0 Å². The van der Waals surface area contributed by atoms with Crippen LogP contribution in [-0.4, -0.2) is 15.0 Å². The Morgan fingerprint density at radius 1 is 1.14 bits per heavy atom. The van der Waals surface area contributed by atoms with Crippen molar-refractivity contribution in [3.8, 4) is 27.8 Å². The lowest BCUT2D eigenvalue weighted by Crippen LogP contribution is -2.27. The molecule has 0 bridgehead atoms. The molecular weight excluding hydrogens is 517 g/mol. The average Bonchev–Trinajstić information content (AvgIpc) is 3.53. The number of thiophene rings is 2. The van der Waals surface area contributed by atoms with Crippen molar-refractivity contribution in [1.82, 2.24) is 3.97 Å². The molecule has 1 aliphatic carbocycles. The van der Waals surface area contributed by atoms with Crippen LogP contribution >= 0.6 is 34.6 Å². The van der Waals surface area contributed by atoms with E-state index in [0.717, 1.165) is 50.7 Å². The highest BCUT2D eigenvalue weighted by Crippen LogP contribution is 2.40. The van der Waals surface area contributed by atoms with Crippen LogP contribution in [0.1, 0.15) is 48.4 Å². The molecule has 7 heteroatoms. The fourth-order valence-electron chi connectivity index (χ4n) is 4.59. The van der Waals surface area contributed by atoms with E-state index < -0.39 is 11.4 Å². The van der Waals surface area contributed by atoms with Gasteiger partial charge in [-0.2, -0.15) is 5.26 Å². The lowest BCUT2D eigenvalue weighted by atomic mass is 9.89. The Kier molecular flexibility index (Phi) is 7.17. The van der Waals surface area contributed by atoms with E-state index in [2.05, 4.69) is 71.6 Å². The summed E-state index contributed by atoms with van der Waals surface area (Å²) in [4.78, 5) is 15.8. The molecule has 4 nitrogen and oxygen atoms in total. The van der Waals surface area contributed by atoms with Crippen LogP contribution in [0.25, 0.3) is 33.9 Å². The summed E-state index contributed by atoms with van der Waals surface area (Å²) >= 11 is 4.82. The van der Waals surface area contributed by atoms with Crippen molar-refractivity contribution in [2.75, 3.05) is 0 Å². The van der Waals surface area contributed by atoms with Crippen molar-refractivity contribution in [2.45, 2.75) is 51.3 Å². The molecule has 0 atom stereocenters. The summed E-state index contributed by atoms with van der Waals surface area (Å²) in [7, 11) is 0. The molecule has 0 amide bonds. The van der Waals surface area contributed by atoms with Crippen LogP contribution in [-0.2, 0) is 11.2 Å². The predicted octanol–water partition coefficient (Wildman–Crippen LogP) is 7.08. The molecule has 5 rings (SSSR count). The van der Waals surface area contributed by atoms with Gasteiger partial charge in [-0.25, -0.2) is 0 Å². The van der Waals surface area contributed by atoms with E-state index in [1.54, 1.807) is 37.1 Å². The number of carbonyl (C=O) groups is 1. The van der Waals surface area contributed by atoms with E-state index in [9.17, 15) is 15.2 Å². The minimum atomic E-state index is -0.844. The van der Waals surface area contributed by atoms with Crippen molar-refractivity contribution in [3.05, 3.63) is 73.7 Å². The zero-order valence-corrected chi connectivity index (χ0v) is 23.5. The number of aromatic nitrogens is 1. The first-order valence-electron chi connectivity index (χ1n) is 12.3. The van der Waals surface area contributed by atoms with Crippen molar-refractivity contribution < 1.29 is 9.90 Å². The Morgan fingerprint density at radius 3 is 2.62 bits per heavy atom. The first kappa shape index (κ1) is 25.6. The van der Waals surface area contributed by atoms with Gasteiger partial charge in [-0.3, -0.25) is 8.77 Å². The first-order chi connectivity index (χ1) is 17.8. The van der Waals surface area contributed by atoms with Gasteiger partial charge in [-0.1, -0.05) is 29.8 Å². The maximum Gasteiger partial charge on any atom is 0.309 e. The van der Waals surface area contributed by atoms with Crippen molar-refractivity contribution in [2.24, 2.45) is 5.41 Å². The number of fused-ring (bicyclic) bond motifs is 1. The Labute approximate surface area is 229 Å². The minimum Gasteiger partial charge on any atom is -0.481 e. The standard InChI is InChI=1S/C30H28N2O2S3/c1-19-9-11-20(12-10-19)37-32-24-8-6-4-5-7-22(24)27(23-15-16-35-26(23)18-31)28(32)25-14-13-21(36-25)17-30(2,3)29(33)34/h7-16H,4-6,17H2,1-3H3,(H,33,34). The zero-order chi connectivity index (χ0) is 26.2. The molecule has 188 valence electrons. The SMILES string of the molecule is Cc1ccc(Sn2c(-c3ccc(CC(C)(C)C(=O)O)s3)c(-c3ccsc3C#N)c3c2=CCCCC=3)cc1. The number of rotatable bonds is 7. The quantitative estimate of drug-likeness (QED) is 0.270. The fraction of sp³-hybridized carbons (Fsp3) is 0.267. The average molecular weight is 545 g/mol. The van der Waals surface area contributed by atoms with Crippen LogP contribution in [0.2, 0.25) is 0 Å². The molecule has 0 saturated carbocycles. The van der Waals surface area contributed by atoms with Gasteiger partial charge >= 0.3 is 5.97 Å². The first-order valence-corrected chi connectivity index (χ1v) is 14.8. The van der Waals surface area contributed by atoms with Gasteiger partial charge in [0.2, 0.25) is 0 Å². The number of benzene rings is 1. The lowest BCUT2D eigenvalue weighted by molar-refractivity contribution is -0.146. The molecule has 1 N–H and O–H groups in total. The number of carboxylic acids is 1. The van der Waals surface area contributed by atoms with Gasteiger partial charge in [0.25, 0.3) is 0 Å². The summed E-state index contributed by atoms with van der Waals surface area (Å²) in [6.07, 6.45) is 8.20. The van der Waals surface area contributed by atoms with Gasteiger partial charge in [0, 0.05) is 26.1 Å². The summed E-state index contributed by atoms with van der Waals surface area (Å²) in [6, 6.07) is 17.2. The maximum atomic E-state index is 11.8. The molecule has 0 fully saturated rings.